The van der Waals surface area contributed by atoms with E-state index in [1.165, 1.54) is 6.07 Å². The molecular formula is C13H15FN4O. The number of hydrogen-bond donors (Lipinski definition) is 3. The van der Waals surface area contributed by atoms with Crippen LogP contribution in [0.2, 0.25) is 0 Å². The highest BCUT2D eigenvalue weighted by Gasteiger charge is 2.05. The van der Waals surface area contributed by atoms with Gasteiger partial charge >= 0.3 is 0 Å². The van der Waals surface area contributed by atoms with Gasteiger partial charge in [0.15, 0.2) is 0 Å². The number of nitrogens with zero attached hydrogens (tertiary/aromatic N) is 2. The van der Waals surface area contributed by atoms with E-state index in [0.717, 1.165) is 0 Å². The summed E-state index contributed by atoms with van der Waals surface area (Å²) in [5.41, 5.74) is 0.355. The van der Waals surface area contributed by atoms with Gasteiger partial charge in [0.1, 0.15) is 23.3 Å². The van der Waals surface area contributed by atoms with E-state index in [9.17, 15) is 4.39 Å². The number of anilines is 3. The molecule has 1 heterocycles. The Bertz CT molecular complexity index is 562. The Morgan fingerprint density at radius 1 is 1.21 bits per heavy atom. The van der Waals surface area contributed by atoms with Crippen molar-refractivity contribution in [2.75, 3.05) is 23.8 Å². The largest absolute Gasteiger partial charge is 0.395 e. The predicted octanol–water partition coefficient (Wildman–Crippen LogP) is 2.07. The summed E-state index contributed by atoms with van der Waals surface area (Å²) in [5, 5.41) is 14.6. The zero-order valence-corrected chi connectivity index (χ0v) is 10.5. The summed E-state index contributed by atoms with van der Waals surface area (Å²) >= 11 is 0. The Kier molecular flexibility index (Phi) is 4.25. The minimum absolute atomic E-state index is 0.0130. The number of para-hydroxylation sites is 1. The third-order valence-corrected chi connectivity index (χ3v) is 2.39. The van der Waals surface area contributed by atoms with Crippen LogP contribution >= 0.6 is 0 Å². The van der Waals surface area contributed by atoms with Crippen LogP contribution in [-0.2, 0) is 0 Å². The van der Waals surface area contributed by atoms with Gasteiger partial charge in [-0.25, -0.2) is 14.4 Å². The smallest absolute Gasteiger partial charge is 0.146 e. The van der Waals surface area contributed by atoms with E-state index < -0.39 is 0 Å². The second-order valence-electron chi connectivity index (χ2n) is 3.94. The first-order valence-corrected chi connectivity index (χ1v) is 5.91. The van der Waals surface area contributed by atoms with Gasteiger partial charge in [0.2, 0.25) is 0 Å². The number of aliphatic hydroxyl groups excluding tert-OH is 1. The summed E-state index contributed by atoms with van der Waals surface area (Å²) in [6.07, 6.45) is 0. The molecule has 0 saturated carbocycles. The average Bonchev–Trinajstić information content (AvgIpc) is 2.38. The van der Waals surface area contributed by atoms with Crippen molar-refractivity contribution < 1.29 is 9.50 Å². The van der Waals surface area contributed by atoms with Crippen molar-refractivity contribution in [3.05, 3.63) is 42.0 Å². The number of nitrogens with one attached hydrogen (secondary N) is 2. The van der Waals surface area contributed by atoms with Crippen molar-refractivity contribution in [2.24, 2.45) is 0 Å². The van der Waals surface area contributed by atoms with Gasteiger partial charge in [0.25, 0.3) is 0 Å². The number of rotatable bonds is 5. The molecule has 0 unspecified atom stereocenters. The third kappa shape index (κ3) is 3.62. The molecule has 3 N–H and O–H groups in total. The highest BCUT2D eigenvalue weighted by Crippen LogP contribution is 2.19. The Balaban J connectivity index is 2.20. The van der Waals surface area contributed by atoms with Crippen LogP contribution in [0.25, 0.3) is 0 Å². The maximum absolute atomic E-state index is 13.5. The summed E-state index contributed by atoms with van der Waals surface area (Å²) < 4.78 is 13.5. The summed E-state index contributed by atoms with van der Waals surface area (Å²) in [6, 6.07) is 8.04. The van der Waals surface area contributed by atoms with E-state index >= 15 is 0 Å². The molecule has 0 atom stereocenters. The van der Waals surface area contributed by atoms with Crippen molar-refractivity contribution in [1.29, 1.82) is 0 Å². The van der Waals surface area contributed by atoms with Crippen molar-refractivity contribution in [1.82, 2.24) is 9.97 Å². The lowest BCUT2D eigenvalue weighted by Gasteiger charge is -2.10. The Morgan fingerprint density at radius 2 is 1.95 bits per heavy atom. The summed E-state index contributed by atoms with van der Waals surface area (Å²) in [7, 11) is 0. The highest BCUT2D eigenvalue weighted by atomic mass is 19.1. The first kappa shape index (κ1) is 13.2. The van der Waals surface area contributed by atoms with Crippen molar-refractivity contribution in [2.45, 2.75) is 6.92 Å². The quantitative estimate of drug-likeness (QED) is 0.769. The van der Waals surface area contributed by atoms with E-state index in [0.29, 0.717) is 29.7 Å². The topological polar surface area (TPSA) is 70.1 Å². The predicted molar refractivity (Wildman–Crippen MR) is 72.0 cm³/mol. The zero-order chi connectivity index (χ0) is 13.7. The van der Waals surface area contributed by atoms with Crippen LogP contribution in [0.5, 0.6) is 0 Å². The molecule has 0 radical (unpaired) electrons. The number of aryl methyl sites for hydroxylation is 1. The summed E-state index contributed by atoms with van der Waals surface area (Å²) in [5.74, 6) is 1.30. The van der Waals surface area contributed by atoms with Crippen LogP contribution in [-0.4, -0.2) is 28.2 Å². The SMILES string of the molecule is Cc1nc(NCCO)cc(Nc2ccccc2F)n1. The summed E-state index contributed by atoms with van der Waals surface area (Å²) in [6.45, 7) is 2.16. The van der Waals surface area contributed by atoms with Crippen molar-refractivity contribution in [3.8, 4) is 0 Å². The molecule has 100 valence electrons. The molecule has 0 fully saturated rings. The molecule has 2 rings (SSSR count). The average molecular weight is 262 g/mol. The molecule has 5 nitrogen and oxygen atoms in total. The second kappa shape index (κ2) is 6.10. The van der Waals surface area contributed by atoms with Gasteiger partial charge in [-0.1, -0.05) is 12.1 Å². The van der Waals surface area contributed by atoms with Gasteiger partial charge in [-0.05, 0) is 19.1 Å². The minimum atomic E-state index is -0.344. The van der Waals surface area contributed by atoms with Crippen LogP contribution in [0.4, 0.5) is 21.7 Å². The van der Waals surface area contributed by atoms with Crippen LogP contribution in [0.15, 0.2) is 30.3 Å². The summed E-state index contributed by atoms with van der Waals surface area (Å²) in [4.78, 5) is 8.36. The third-order valence-electron chi connectivity index (χ3n) is 2.39. The van der Waals surface area contributed by atoms with E-state index in [1.54, 1.807) is 31.2 Å². The van der Waals surface area contributed by atoms with E-state index in [-0.39, 0.29) is 12.4 Å². The van der Waals surface area contributed by atoms with Crippen LogP contribution < -0.4 is 10.6 Å². The number of hydrogen-bond acceptors (Lipinski definition) is 5. The number of benzene rings is 1. The molecule has 0 aliphatic rings. The molecule has 0 aliphatic carbocycles. The van der Waals surface area contributed by atoms with Crippen LogP contribution in [0.1, 0.15) is 5.82 Å². The van der Waals surface area contributed by atoms with Crippen molar-refractivity contribution >= 4 is 17.3 Å². The maximum atomic E-state index is 13.5. The molecule has 0 amide bonds. The second-order valence-corrected chi connectivity index (χ2v) is 3.94. The van der Waals surface area contributed by atoms with Gasteiger partial charge in [0.05, 0.1) is 12.3 Å². The zero-order valence-electron chi connectivity index (χ0n) is 10.5. The number of aromatic nitrogens is 2. The van der Waals surface area contributed by atoms with E-state index in [4.69, 9.17) is 5.11 Å². The van der Waals surface area contributed by atoms with Gasteiger partial charge in [0, 0.05) is 12.6 Å². The molecule has 1 aromatic carbocycles. The fraction of sp³-hybridized carbons (Fsp3) is 0.231. The van der Waals surface area contributed by atoms with Gasteiger partial charge in [-0.2, -0.15) is 0 Å². The number of halogens is 1. The fourth-order valence-electron chi connectivity index (χ4n) is 1.61. The Morgan fingerprint density at radius 3 is 2.68 bits per heavy atom. The molecule has 19 heavy (non-hydrogen) atoms. The minimum Gasteiger partial charge on any atom is -0.395 e. The monoisotopic (exact) mass is 262 g/mol. The first-order valence-electron chi connectivity index (χ1n) is 5.91. The molecule has 0 spiro atoms. The number of aliphatic hydroxyl groups is 1. The Labute approximate surface area is 110 Å². The lowest BCUT2D eigenvalue weighted by molar-refractivity contribution is 0.311. The van der Waals surface area contributed by atoms with Gasteiger partial charge in [-0.15, -0.1) is 0 Å². The van der Waals surface area contributed by atoms with Gasteiger partial charge < -0.3 is 15.7 Å². The Hall–Kier alpha value is -2.21. The maximum Gasteiger partial charge on any atom is 0.146 e. The van der Waals surface area contributed by atoms with Crippen LogP contribution in [0, 0.1) is 12.7 Å². The fourth-order valence-corrected chi connectivity index (χ4v) is 1.61. The van der Waals surface area contributed by atoms with Crippen LogP contribution in [0.3, 0.4) is 0 Å². The molecular weight excluding hydrogens is 247 g/mol. The molecule has 1 aromatic heterocycles. The molecule has 0 bridgehead atoms. The molecule has 6 heteroatoms. The van der Waals surface area contributed by atoms with E-state index in [2.05, 4.69) is 20.6 Å². The molecule has 2 aromatic rings. The first-order chi connectivity index (χ1) is 9.19. The van der Waals surface area contributed by atoms with E-state index in [1.807, 2.05) is 0 Å². The standard InChI is InChI=1S/C13H15FN4O/c1-9-16-12(15-6-7-19)8-13(17-9)18-11-5-3-2-4-10(11)14/h2-5,8,19H,6-7H2,1H3,(H2,15,16,17,18). The normalized spacial score (nSPS) is 10.3. The van der Waals surface area contributed by atoms with Crippen molar-refractivity contribution in [3.63, 3.8) is 0 Å². The lowest BCUT2D eigenvalue weighted by Crippen LogP contribution is -2.09. The highest BCUT2D eigenvalue weighted by molar-refractivity contribution is 5.59. The molecule has 0 aliphatic heterocycles. The lowest BCUT2D eigenvalue weighted by atomic mass is 10.3. The molecule has 0 saturated heterocycles. The van der Waals surface area contributed by atoms with Gasteiger partial charge in [-0.3, -0.25) is 0 Å².